The SMILES string of the molecule is CCC(CC)C1(N)C=CC=NC1N. The molecule has 13 heavy (non-hydrogen) atoms. The minimum atomic E-state index is -0.446. The van der Waals surface area contributed by atoms with E-state index >= 15 is 0 Å². The van der Waals surface area contributed by atoms with Crippen molar-refractivity contribution in [1.29, 1.82) is 0 Å². The average molecular weight is 181 g/mol. The molecule has 0 saturated heterocycles. The molecule has 2 atom stereocenters. The average Bonchev–Trinajstić information content (AvgIpc) is 2.12. The van der Waals surface area contributed by atoms with Crippen LogP contribution in [0.4, 0.5) is 0 Å². The highest BCUT2D eigenvalue weighted by molar-refractivity contribution is 5.73. The zero-order valence-electron chi connectivity index (χ0n) is 8.40. The summed E-state index contributed by atoms with van der Waals surface area (Å²) in [5, 5.41) is 0. The third-order valence-corrected chi connectivity index (χ3v) is 2.92. The molecule has 3 nitrogen and oxygen atoms in total. The summed E-state index contributed by atoms with van der Waals surface area (Å²) in [6.45, 7) is 4.28. The Labute approximate surface area is 79.9 Å². The van der Waals surface area contributed by atoms with Gasteiger partial charge in [-0.05, 0) is 12.0 Å². The van der Waals surface area contributed by atoms with Crippen LogP contribution in [0.1, 0.15) is 26.7 Å². The summed E-state index contributed by atoms with van der Waals surface area (Å²) >= 11 is 0. The minimum absolute atomic E-state index is 0.289. The number of dihydropyridines is 1. The third-order valence-electron chi connectivity index (χ3n) is 2.92. The summed E-state index contributed by atoms with van der Waals surface area (Å²) < 4.78 is 0. The molecule has 1 aliphatic heterocycles. The first-order valence-electron chi connectivity index (χ1n) is 4.90. The fourth-order valence-corrected chi connectivity index (χ4v) is 1.95. The van der Waals surface area contributed by atoms with Crippen LogP contribution in [0, 0.1) is 5.92 Å². The van der Waals surface area contributed by atoms with Crippen molar-refractivity contribution < 1.29 is 0 Å². The Morgan fingerprint density at radius 1 is 1.46 bits per heavy atom. The number of nitrogens with two attached hydrogens (primary N) is 2. The molecular formula is C10H19N3. The molecule has 0 amide bonds. The lowest BCUT2D eigenvalue weighted by molar-refractivity contribution is 0.268. The first kappa shape index (κ1) is 10.4. The molecule has 0 fully saturated rings. The van der Waals surface area contributed by atoms with Gasteiger partial charge in [0.2, 0.25) is 0 Å². The van der Waals surface area contributed by atoms with Gasteiger partial charge in [-0.2, -0.15) is 0 Å². The van der Waals surface area contributed by atoms with Gasteiger partial charge in [-0.3, -0.25) is 4.99 Å². The van der Waals surface area contributed by atoms with Gasteiger partial charge in [0.25, 0.3) is 0 Å². The van der Waals surface area contributed by atoms with E-state index in [0.29, 0.717) is 5.92 Å². The van der Waals surface area contributed by atoms with E-state index in [9.17, 15) is 0 Å². The Hall–Kier alpha value is -0.670. The van der Waals surface area contributed by atoms with Crippen LogP contribution in [-0.4, -0.2) is 17.9 Å². The molecule has 1 rings (SSSR count). The predicted molar refractivity (Wildman–Crippen MR) is 56.6 cm³/mol. The summed E-state index contributed by atoms with van der Waals surface area (Å²) in [5.41, 5.74) is 11.7. The highest BCUT2D eigenvalue weighted by atomic mass is 15.0. The largest absolute Gasteiger partial charge is 0.319 e. The van der Waals surface area contributed by atoms with Crippen molar-refractivity contribution in [2.45, 2.75) is 38.4 Å². The van der Waals surface area contributed by atoms with Gasteiger partial charge >= 0.3 is 0 Å². The maximum absolute atomic E-state index is 6.24. The maximum Gasteiger partial charge on any atom is 0.119 e. The summed E-state index contributed by atoms with van der Waals surface area (Å²) in [7, 11) is 0. The molecule has 1 heterocycles. The molecule has 1 aliphatic rings. The second kappa shape index (κ2) is 4.03. The Morgan fingerprint density at radius 2 is 2.08 bits per heavy atom. The Kier molecular flexibility index (Phi) is 3.22. The van der Waals surface area contributed by atoms with Gasteiger partial charge in [0.1, 0.15) is 6.17 Å². The van der Waals surface area contributed by atoms with Gasteiger partial charge in [-0.15, -0.1) is 0 Å². The van der Waals surface area contributed by atoms with Gasteiger partial charge in [0.15, 0.2) is 0 Å². The lowest BCUT2D eigenvalue weighted by atomic mass is 9.78. The van der Waals surface area contributed by atoms with E-state index in [4.69, 9.17) is 11.5 Å². The van der Waals surface area contributed by atoms with Gasteiger partial charge in [0, 0.05) is 6.21 Å². The van der Waals surface area contributed by atoms with Crippen LogP contribution in [0.3, 0.4) is 0 Å². The Balaban J connectivity index is 2.84. The van der Waals surface area contributed by atoms with Gasteiger partial charge in [-0.25, -0.2) is 0 Å². The topological polar surface area (TPSA) is 64.4 Å². The van der Waals surface area contributed by atoms with Crippen molar-refractivity contribution in [3.63, 3.8) is 0 Å². The molecule has 0 radical (unpaired) electrons. The van der Waals surface area contributed by atoms with Crippen LogP contribution in [0.5, 0.6) is 0 Å². The summed E-state index contributed by atoms with van der Waals surface area (Å²) in [4.78, 5) is 4.14. The van der Waals surface area contributed by atoms with Crippen LogP contribution in [0.2, 0.25) is 0 Å². The molecule has 74 valence electrons. The maximum atomic E-state index is 6.24. The zero-order valence-corrected chi connectivity index (χ0v) is 8.40. The highest BCUT2D eigenvalue weighted by Gasteiger charge is 2.37. The van der Waals surface area contributed by atoms with Crippen molar-refractivity contribution in [3.8, 4) is 0 Å². The van der Waals surface area contributed by atoms with E-state index in [1.54, 1.807) is 6.21 Å². The number of hydrogen-bond donors (Lipinski definition) is 2. The molecule has 0 aliphatic carbocycles. The van der Waals surface area contributed by atoms with Crippen molar-refractivity contribution in [3.05, 3.63) is 12.2 Å². The molecule has 0 bridgehead atoms. The summed E-state index contributed by atoms with van der Waals surface area (Å²) in [6.07, 6.45) is 7.39. The van der Waals surface area contributed by atoms with Gasteiger partial charge < -0.3 is 11.5 Å². The van der Waals surface area contributed by atoms with Gasteiger partial charge in [-0.1, -0.05) is 32.8 Å². The van der Waals surface area contributed by atoms with E-state index in [2.05, 4.69) is 18.8 Å². The van der Waals surface area contributed by atoms with E-state index in [-0.39, 0.29) is 6.17 Å². The van der Waals surface area contributed by atoms with Crippen LogP contribution < -0.4 is 11.5 Å². The third kappa shape index (κ3) is 1.81. The monoisotopic (exact) mass is 181 g/mol. The van der Waals surface area contributed by atoms with Crippen LogP contribution >= 0.6 is 0 Å². The van der Waals surface area contributed by atoms with Gasteiger partial charge in [0.05, 0.1) is 5.54 Å². The Bertz CT molecular complexity index is 218. The molecular weight excluding hydrogens is 162 g/mol. The quantitative estimate of drug-likeness (QED) is 0.683. The molecule has 3 heteroatoms. The number of hydrogen-bond acceptors (Lipinski definition) is 3. The van der Waals surface area contributed by atoms with Crippen molar-refractivity contribution in [2.24, 2.45) is 22.4 Å². The minimum Gasteiger partial charge on any atom is -0.319 e. The normalized spacial score (nSPS) is 32.8. The van der Waals surface area contributed by atoms with E-state index in [1.165, 1.54) is 0 Å². The van der Waals surface area contributed by atoms with Crippen molar-refractivity contribution >= 4 is 6.21 Å². The lowest BCUT2D eigenvalue weighted by Crippen LogP contribution is -2.58. The lowest BCUT2D eigenvalue weighted by Gasteiger charge is -2.38. The number of rotatable bonds is 3. The highest BCUT2D eigenvalue weighted by Crippen LogP contribution is 2.27. The number of allylic oxidation sites excluding steroid dienone is 1. The van der Waals surface area contributed by atoms with E-state index in [0.717, 1.165) is 12.8 Å². The Morgan fingerprint density at radius 3 is 2.54 bits per heavy atom. The van der Waals surface area contributed by atoms with Crippen LogP contribution in [-0.2, 0) is 0 Å². The molecule has 0 spiro atoms. The number of nitrogens with zero attached hydrogens (tertiary/aromatic N) is 1. The molecule has 0 aromatic carbocycles. The van der Waals surface area contributed by atoms with E-state index < -0.39 is 5.54 Å². The molecule has 0 aromatic heterocycles. The molecule has 0 saturated carbocycles. The smallest absolute Gasteiger partial charge is 0.119 e. The fourth-order valence-electron chi connectivity index (χ4n) is 1.95. The molecule has 0 aromatic rings. The first-order valence-corrected chi connectivity index (χ1v) is 4.90. The van der Waals surface area contributed by atoms with E-state index in [1.807, 2.05) is 12.2 Å². The second-order valence-electron chi connectivity index (χ2n) is 3.62. The number of aliphatic imine (C=N–C) groups is 1. The second-order valence-corrected chi connectivity index (χ2v) is 3.62. The predicted octanol–water partition coefficient (Wildman–Crippen LogP) is 1.05. The standard InChI is InChI=1S/C10H19N3/c1-3-8(4-2)10(12)6-5-7-13-9(10)11/h5-9H,3-4,11-12H2,1-2H3. The van der Waals surface area contributed by atoms with Crippen LogP contribution in [0.25, 0.3) is 0 Å². The van der Waals surface area contributed by atoms with Crippen LogP contribution in [0.15, 0.2) is 17.1 Å². The molecule has 2 unspecified atom stereocenters. The fraction of sp³-hybridized carbons (Fsp3) is 0.700. The first-order chi connectivity index (χ1) is 6.15. The summed E-state index contributed by atoms with van der Waals surface area (Å²) in [6, 6.07) is 0. The summed E-state index contributed by atoms with van der Waals surface area (Å²) in [5.74, 6) is 0.413. The van der Waals surface area contributed by atoms with Crippen molar-refractivity contribution in [1.82, 2.24) is 0 Å². The molecule has 4 N–H and O–H groups in total. The van der Waals surface area contributed by atoms with Crippen molar-refractivity contribution in [2.75, 3.05) is 0 Å². The zero-order chi connectivity index (χ0) is 9.90.